The molecule has 0 saturated heterocycles. The average Bonchev–Trinajstić information content (AvgIpc) is 2.67. The maximum absolute atomic E-state index is 5.89. The second kappa shape index (κ2) is 9.49. The van der Waals surface area contributed by atoms with E-state index in [1.807, 2.05) is 24.3 Å². The van der Waals surface area contributed by atoms with Gasteiger partial charge in [0.2, 0.25) is 0 Å². The van der Waals surface area contributed by atoms with Crippen molar-refractivity contribution in [2.45, 2.75) is 64.7 Å². The molecular formula is C24H31Cl. The lowest BCUT2D eigenvalue weighted by Gasteiger charge is -2.37. The van der Waals surface area contributed by atoms with Crippen LogP contribution in [0.5, 0.6) is 0 Å². The van der Waals surface area contributed by atoms with Gasteiger partial charge in [-0.3, -0.25) is 0 Å². The van der Waals surface area contributed by atoms with E-state index in [1.54, 1.807) is 0 Å². The van der Waals surface area contributed by atoms with Crippen LogP contribution in [0.25, 0.3) is 0 Å². The predicted molar refractivity (Wildman–Crippen MR) is 109 cm³/mol. The zero-order valence-electron chi connectivity index (χ0n) is 15.5. The molecule has 3 rings (SSSR count). The fraction of sp³-hybridized carbons (Fsp3) is 0.583. The second-order valence-corrected chi connectivity index (χ2v) is 8.44. The van der Waals surface area contributed by atoms with Gasteiger partial charge in [-0.15, -0.1) is 0 Å². The summed E-state index contributed by atoms with van der Waals surface area (Å²) < 4.78 is 0. The van der Waals surface area contributed by atoms with Crippen molar-refractivity contribution in [3.63, 3.8) is 0 Å². The first-order chi connectivity index (χ1) is 12.2. The van der Waals surface area contributed by atoms with Gasteiger partial charge in [-0.25, -0.2) is 0 Å². The normalized spacial score (nSPS) is 30.0. The molecule has 0 unspecified atom stereocenters. The summed E-state index contributed by atoms with van der Waals surface area (Å²) in [5.41, 5.74) is 1.03. The van der Waals surface area contributed by atoms with Gasteiger partial charge in [0.15, 0.2) is 0 Å². The number of hydrogen-bond acceptors (Lipinski definition) is 0. The Balaban J connectivity index is 1.41. The molecule has 0 N–H and O–H groups in total. The van der Waals surface area contributed by atoms with Crippen LogP contribution in [-0.2, 0) is 0 Å². The summed E-state index contributed by atoms with van der Waals surface area (Å²) in [6.07, 6.45) is 17.3. The molecule has 2 aliphatic carbocycles. The van der Waals surface area contributed by atoms with Crippen molar-refractivity contribution in [1.29, 1.82) is 0 Å². The molecule has 2 saturated carbocycles. The molecule has 0 heterocycles. The summed E-state index contributed by atoms with van der Waals surface area (Å²) in [5, 5.41) is 0.765. The molecule has 0 amide bonds. The Morgan fingerprint density at radius 2 is 1.52 bits per heavy atom. The molecule has 2 aliphatic rings. The number of halogens is 1. The third-order valence-corrected chi connectivity index (χ3v) is 6.72. The van der Waals surface area contributed by atoms with E-state index < -0.39 is 0 Å². The van der Waals surface area contributed by atoms with Gasteiger partial charge >= 0.3 is 0 Å². The summed E-state index contributed by atoms with van der Waals surface area (Å²) in [5.74, 6) is 10.2. The van der Waals surface area contributed by atoms with Gasteiger partial charge in [0.1, 0.15) is 0 Å². The Morgan fingerprint density at radius 3 is 2.12 bits per heavy atom. The quantitative estimate of drug-likeness (QED) is 0.500. The van der Waals surface area contributed by atoms with Gasteiger partial charge in [-0.05, 0) is 92.5 Å². The first-order valence-corrected chi connectivity index (χ1v) is 10.6. The average molecular weight is 355 g/mol. The van der Waals surface area contributed by atoms with E-state index in [4.69, 9.17) is 11.6 Å². The zero-order chi connectivity index (χ0) is 17.5. The van der Waals surface area contributed by atoms with Crippen molar-refractivity contribution in [2.75, 3.05) is 0 Å². The Kier molecular flexibility index (Phi) is 7.06. The van der Waals surface area contributed by atoms with Gasteiger partial charge in [0, 0.05) is 10.6 Å². The van der Waals surface area contributed by atoms with Gasteiger partial charge in [-0.1, -0.05) is 55.7 Å². The molecule has 25 heavy (non-hydrogen) atoms. The molecular weight excluding hydrogens is 324 g/mol. The summed E-state index contributed by atoms with van der Waals surface area (Å²) >= 11 is 5.89. The van der Waals surface area contributed by atoms with Gasteiger partial charge in [0.25, 0.3) is 0 Å². The van der Waals surface area contributed by atoms with Crippen LogP contribution >= 0.6 is 11.6 Å². The summed E-state index contributed by atoms with van der Waals surface area (Å²) in [6, 6.07) is 7.73. The van der Waals surface area contributed by atoms with Crippen molar-refractivity contribution >= 4 is 11.6 Å². The SMILES string of the molecule is CCC1CCC(C2CCC(/C=C/C#Cc3ccc(Cl)cc3)CC2)CC1. The lowest BCUT2D eigenvalue weighted by molar-refractivity contribution is 0.154. The molecule has 0 bridgehead atoms. The minimum Gasteiger partial charge on any atom is -0.0843 e. The third-order valence-electron chi connectivity index (χ3n) is 6.46. The van der Waals surface area contributed by atoms with Crippen LogP contribution in [0.4, 0.5) is 0 Å². The van der Waals surface area contributed by atoms with Gasteiger partial charge in [-0.2, -0.15) is 0 Å². The molecule has 1 heteroatoms. The van der Waals surface area contributed by atoms with Crippen LogP contribution in [0.2, 0.25) is 5.02 Å². The Morgan fingerprint density at radius 1 is 0.920 bits per heavy atom. The maximum Gasteiger partial charge on any atom is 0.0406 e. The smallest absolute Gasteiger partial charge is 0.0406 e. The zero-order valence-corrected chi connectivity index (χ0v) is 16.3. The monoisotopic (exact) mass is 354 g/mol. The molecule has 0 nitrogen and oxygen atoms in total. The standard InChI is InChI=1S/C24H31Cl/c1-2-19-7-13-22(14-8-19)23-15-9-20(10-16-23)5-3-4-6-21-11-17-24(25)18-12-21/h3,5,11-12,17-20,22-23H,2,7-10,13-16H2,1H3/b5-3+. The fourth-order valence-electron chi connectivity index (χ4n) is 4.72. The van der Waals surface area contributed by atoms with E-state index in [-0.39, 0.29) is 0 Å². The maximum atomic E-state index is 5.89. The highest BCUT2D eigenvalue weighted by Crippen LogP contribution is 2.42. The highest BCUT2D eigenvalue weighted by atomic mass is 35.5. The topological polar surface area (TPSA) is 0 Å². The molecule has 0 radical (unpaired) electrons. The molecule has 0 aromatic heterocycles. The Hall–Kier alpha value is -1.19. The van der Waals surface area contributed by atoms with Crippen LogP contribution < -0.4 is 0 Å². The molecule has 1 aromatic carbocycles. The van der Waals surface area contributed by atoms with Gasteiger partial charge < -0.3 is 0 Å². The highest BCUT2D eigenvalue weighted by Gasteiger charge is 2.29. The molecule has 134 valence electrons. The molecule has 0 spiro atoms. The summed E-state index contributed by atoms with van der Waals surface area (Å²) in [4.78, 5) is 0. The van der Waals surface area contributed by atoms with Crippen LogP contribution in [0.15, 0.2) is 36.4 Å². The number of hydrogen-bond donors (Lipinski definition) is 0. The predicted octanol–water partition coefficient (Wildman–Crippen LogP) is 7.27. The summed E-state index contributed by atoms with van der Waals surface area (Å²) in [6.45, 7) is 2.36. The summed E-state index contributed by atoms with van der Waals surface area (Å²) in [7, 11) is 0. The van der Waals surface area contributed by atoms with E-state index in [2.05, 4.69) is 30.9 Å². The number of allylic oxidation sites excluding steroid dienone is 2. The first-order valence-electron chi connectivity index (χ1n) is 10.2. The number of benzene rings is 1. The molecule has 0 aliphatic heterocycles. The van der Waals surface area contributed by atoms with Crippen LogP contribution in [-0.4, -0.2) is 0 Å². The fourth-order valence-corrected chi connectivity index (χ4v) is 4.85. The van der Waals surface area contributed by atoms with Crippen LogP contribution in [0.3, 0.4) is 0 Å². The van der Waals surface area contributed by atoms with Crippen LogP contribution in [0, 0.1) is 35.5 Å². The largest absolute Gasteiger partial charge is 0.0843 e. The molecule has 0 atom stereocenters. The third kappa shape index (κ3) is 5.65. The Bertz CT molecular complexity index is 600. The second-order valence-electron chi connectivity index (χ2n) is 8.00. The minimum absolute atomic E-state index is 0.739. The number of rotatable bonds is 3. The highest BCUT2D eigenvalue weighted by molar-refractivity contribution is 6.30. The lowest BCUT2D eigenvalue weighted by Crippen LogP contribution is -2.25. The molecule has 2 fully saturated rings. The molecule has 1 aromatic rings. The van der Waals surface area contributed by atoms with Crippen molar-refractivity contribution in [1.82, 2.24) is 0 Å². The van der Waals surface area contributed by atoms with E-state index in [0.29, 0.717) is 0 Å². The van der Waals surface area contributed by atoms with Crippen molar-refractivity contribution in [2.24, 2.45) is 23.7 Å². The van der Waals surface area contributed by atoms with E-state index in [9.17, 15) is 0 Å². The van der Waals surface area contributed by atoms with Crippen molar-refractivity contribution in [3.8, 4) is 11.8 Å². The van der Waals surface area contributed by atoms with Gasteiger partial charge in [0.05, 0.1) is 0 Å². The van der Waals surface area contributed by atoms with E-state index >= 15 is 0 Å². The Labute approximate surface area is 159 Å². The van der Waals surface area contributed by atoms with Crippen LogP contribution in [0.1, 0.15) is 70.3 Å². The van der Waals surface area contributed by atoms with Crippen molar-refractivity contribution < 1.29 is 0 Å². The first kappa shape index (κ1) is 18.6. The minimum atomic E-state index is 0.739. The van der Waals surface area contributed by atoms with E-state index in [1.165, 1.54) is 57.8 Å². The lowest BCUT2D eigenvalue weighted by atomic mass is 9.69. The van der Waals surface area contributed by atoms with Crippen molar-refractivity contribution in [3.05, 3.63) is 47.0 Å². The van der Waals surface area contributed by atoms with E-state index in [0.717, 1.165) is 34.3 Å².